The minimum atomic E-state index is 0.647. The quantitative estimate of drug-likeness (QED) is 0.747. The van der Waals surface area contributed by atoms with Crippen LogP contribution in [0.5, 0.6) is 0 Å². The third-order valence-electron chi connectivity index (χ3n) is 6.27. The maximum absolute atomic E-state index is 6.10. The molecule has 1 aromatic heterocycles. The standard InChI is InChI=1S/C22H30ClN3O2/c1-16(26-10-12-27-13-11-26)18-6-8-25(9-7-18)15-21-17(2)28-22(24-21)19-4-3-5-20(23)14-19/h3-5,14,16,18H,6-13,15H2,1-2H3/t16-/m1/s1. The Morgan fingerprint density at radius 1 is 1.18 bits per heavy atom. The van der Waals surface area contributed by atoms with Crippen LogP contribution in [0.1, 0.15) is 31.2 Å². The molecule has 4 rings (SSSR count). The van der Waals surface area contributed by atoms with Crippen LogP contribution in [0.15, 0.2) is 28.7 Å². The van der Waals surface area contributed by atoms with E-state index in [2.05, 4.69) is 16.7 Å². The summed E-state index contributed by atoms with van der Waals surface area (Å²) in [6, 6.07) is 8.32. The fourth-order valence-electron chi connectivity index (χ4n) is 4.41. The van der Waals surface area contributed by atoms with Crippen molar-refractivity contribution in [1.82, 2.24) is 14.8 Å². The second kappa shape index (κ2) is 8.95. The van der Waals surface area contributed by atoms with Gasteiger partial charge in [-0.25, -0.2) is 4.98 Å². The Morgan fingerprint density at radius 3 is 2.64 bits per heavy atom. The third-order valence-corrected chi connectivity index (χ3v) is 6.51. The van der Waals surface area contributed by atoms with E-state index in [0.717, 1.165) is 68.9 Å². The lowest BCUT2D eigenvalue weighted by Gasteiger charge is -2.40. The van der Waals surface area contributed by atoms with Crippen molar-refractivity contribution in [2.75, 3.05) is 39.4 Å². The van der Waals surface area contributed by atoms with Gasteiger partial charge in [0.05, 0.1) is 18.9 Å². The van der Waals surface area contributed by atoms with E-state index in [1.165, 1.54) is 12.8 Å². The number of likely N-dealkylation sites (tertiary alicyclic amines) is 1. The monoisotopic (exact) mass is 403 g/mol. The number of hydrogen-bond acceptors (Lipinski definition) is 5. The lowest BCUT2D eigenvalue weighted by molar-refractivity contribution is -0.00199. The first kappa shape index (κ1) is 19.9. The summed E-state index contributed by atoms with van der Waals surface area (Å²) >= 11 is 6.10. The maximum Gasteiger partial charge on any atom is 0.226 e. The fourth-order valence-corrected chi connectivity index (χ4v) is 4.60. The molecular weight excluding hydrogens is 374 g/mol. The SMILES string of the molecule is Cc1oc(-c2cccc(Cl)c2)nc1CN1CCC([C@@H](C)N2CCOCC2)CC1. The Morgan fingerprint density at radius 2 is 1.93 bits per heavy atom. The first-order chi connectivity index (χ1) is 13.6. The van der Waals surface area contributed by atoms with Gasteiger partial charge in [-0.15, -0.1) is 0 Å². The summed E-state index contributed by atoms with van der Waals surface area (Å²) in [6.45, 7) is 11.4. The molecule has 1 aromatic carbocycles. The van der Waals surface area contributed by atoms with Gasteiger partial charge in [-0.2, -0.15) is 0 Å². The molecule has 28 heavy (non-hydrogen) atoms. The molecule has 0 amide bonds. The summed E-state index contributed by atoms with van der Waals surface area (Å²) in [7, 11) is 0. The van der Waals surface area contributed by atoms with E-state index in [1.54, 1.807) is 0 Å². The van der Waals surface area contributed by atoms with Gasteiger partial charge in [0, 0.05) is 36.3 Å². The number of rotatable bonds is 5. The van der Waals surface area contributed by atoms with Gasteiger partial charge in [0.2, 0.25) is 5.89 Å². The van der Waals surface area contributed by atoms with Crippen molar-refractivity contribution in [3.05, 3.63) is 40.7 Å². The van der Waals surface area contributed by atoms with Gasteiger partial charge in [0.15, 0.2) is 0 Å². The highest BCUT2D eigenvalue weighted by molar-refractivity contribution is 6.30. The third kappa shape index (κ3) is 4.60. The molecule has 152 valence electrons. The van der Waals surface area contributed by atoms with Gasteiger partial charge in [0.1, 0.15) is 5.76 Å². The number of halogens is 1. The highest BCUT2D eigenvalue weighted by Gasteiger charge is 2.29. The first-order valence-corrected chi connectivity index (χ1v) is 10.7. The van der Waals surface area contributed by atoms with Crippen molar-refractivity contribution in [2.45, 2.75) is 39.3 Å². The van der Waals surface area contributed by atoms with E-state index in [4.69, 9.17) is 25.7 Å². The largest absolute Gasteiger partial charge is 0.441 e. The zero-order valence-electron chi connectivity index (χ0n) is 16.9. The summed E-state index contributed by atoms with van der Waals surface area (Å²) < 4.78 is 11.4. The van der Waals surface area contributed by atoms with Crippen LogP contribution in [0.2, 0.25) is 5.02 Å². The van der Waals surface area contributed by atoms with Gasteiger partial charge in [-0.3, -0.25) is 9.80 Å². The smallest absolute Gasteiger partial charge is 0.226 e. The van der Waals surface area contributed by atoms with Crippen molar-refractivity contribution in [3.63, 3.8) is 0 Å². The molecule has 5 nitrogen and oxygen atoms in total. The number of morpholine rings is 1. The zero-order chi connectivity index (χ0) is 19.5. The normalized spacial score (nSPS) is 21.1. The molecule has 2 aromatic rings. The Labute approximate surface area is 172 Å². The lowest BCUT2D eigenvalue weighted by atomic mass is 9.89. The van der Waals surface area contributed by atoms with E-state index < -0.39 is 0 Å². The molecule has 2 aliphatic heterocycles. The highest BCUT2D eigenvalue weighted by atomic mass is 35.5. The van der Waals surface area contributed by atoms with Crippen molar-refractivity contribution in [1.29, 1.82) is 0 Å². The molecule has 1 atom stereocenters. The minimum absolute atomic E-state index is 0.647. The van der Waals surface area contributed by atoms with Crippen molar-refractivity contribution >= 4 is 11.6 Å². The summed E-state index contributed by atoms with van der Waals surface area (Å²) in [5, 5.41) is 0.700. The fraction of sp³-hybridized carbons (Fsp3) is 0.591. The van der Waals surface area contributed by atoms with Crippen molar-refractivity contribution < 1.29 is 9.15 Å². The second-order valence-electron chi connectivity index (χ2n) is 8.03. The van der Waals surface area contributed by atoms with Crippen LogP contribution in [0.4, 0.5) is 0 Å². The molecule has 3 heterocycles. The molecule has 0 spiro atoms. The number of aromatic nitrogens is 1. The molecule has 2 aliphatic rings. The van der Waals surface area contributed by atoms with E-state index in [0.29, 0.717) is 17.0 Å². The Balaban J connectivity index is 1.33. The zero-order valence-corrected chi connectivity index (χ0v) is 17.6. The number of oxazole rings is 1. The van der Waals surface area contributed by atoms with E-state index >= 15 is 0 Å². The summed E-state index contributed by atoms with van der Waals surface area (Å²) in [6.07, 6.45) is 2.49. The predicted octanol–water partition coefficient (Wildman–Crippen LogP) is 4.24. The van der Waals surface area contributed by atoms with Crippen LogP contribution in [0.25, 0.3) is 11.5 Å². The number of nitrogens with zero attached hydrogens (tertiary/aromatic N) is 3. The highest BCUT2D eigenvalue weighted by Crippen LogP contribution is 2.28. The van der Waals surface area contributed by atoms with Gasteiger partial charge in [-0.05, 0) is 63.9 Å². The molecule has 2 saturated heterocycles. The number of hydrogen-bond donors (Lipinski definition) is 0. The van der Waals surface area contributed by atoms with Crippen LogP contribution in [-0.4, -0.2) is 60.2 Å². The Kier molecular flexibility index (Phi) is 6.36. The van der Waals surface area contributed by atoms with Crippen molar-refractivity contribution in [3.8, 4) is 11.5 Å². The van der Waals surface area contributed by atoms with Gasteiger partial charge in [-0.1, -0.05) is 17.7 Å². The van der Waals surface area contributed by atoms with E-state index in [9.17, 15) is 0 Å². The van der Waals surface area contributed by atoms with Crippen LogP contribution in [-0.2, 0) is 11.3 Å². The maximum atomic E-state index is 6.10. The van der Waals surface area contributed by atoms with Gasteiger partial charge in [0.25, 0.3) is 0 Å². The molecule has 0 N–H and O–H groups in total. The molecule has 2 fully saturated rings. The summed E-state index contributed by atoms with van der Waals surface area (Å²) in [5.41, 5.74) is 1.97. The Hall–Kier alpha value is -1.40. The molecule has 0 saturated carbocycles. The topological polar surface area (TPSA) is 41.7 Å². The van der Waals surface area contributed by atoms with E-state index in [1.807, 2.05) is 31.2 Å². The molecule has 0 unspecified atom stereocenters. The van der Waals surface area contributed by atoms with Gasteiger partial charge < -0.3 is 9.15 Å². The summed E-state index contributed by atoms with van der Waals surface area (Å²) in [4.78, 5) is 9.86. The average Bonchev–Trinajstić information content (AvgIpc) is 3.09. The minimum Gasteiger partial charge on any atom is -0.441 e. The number of benzene rings is 1. The second-order valence-corrected chi connectivity index (χ2v) is 8.47. The average molecular weight is 404 g/mol. The van der Waals surface area contributed by atoms with Crippen LogP contribution >= 0.6 is 11.6 Å². The van der Waals surface area contributed by atoms with Crippen LogP contribution < -0.4 is 0 Å². The number of aryl methyl sites for hydroxylation is 1. The lowest BCUT2D eigenvalue weighted by Crippen LogP contribution is -2.48. The number of piperidine rings is 1. The van der Waals surface area contributed by atoms with Crippen LogP contribution in [0.3, 0.4) is 0 Å². The molecular formula is C22H30ClN3O2. The van der Waals surface area contributed by atoms with Crippen molar-refractivity contribution in [2.24, 2.45) is 5.92 Å². The van der Waals surface area contributed by atoms with Gasteiger partial charge >= 0.3 is 0 Å². The molecule has 6 heteroatoms. The first-order valence-electron chi connectivity index (χ1n) is 10.4. The molecule has 0 radical (unpaired) electrons. The van der Waals surface area contributed by atoms with Crippen LogP contribution in [0, 0.1) is 12.8 Å². The predicted molar refractivity (Wildman–Crippen MR) is 112 cm³/mol. The molecule has 0 aliphatic carbocycles. The number of ether oxygens (including phenoxy) is 1. The summed E-state index contributed by atoms with van der Waals surface area (Å²) in [5.74, 6) is 2.33. The Bertz CT molecular complexity index is 780. The molecule has 0 bridgehead atoms. The van der Waals surface area contributed by atoms with E-state index in [-0.39, 0.29) is 0 Å².